The van der Waals surface area contributed by atoms with Gasteiger partial charge in [0.1, 0.15) is 0 Å². The summed E-state index contributed by atoms with van der Waals surface area (Å²) in [5.74, 6) is -0.148. The molecule has 0 aliphatic rings. The maximum absolute atomic E-state index is 11.9. The summed E-state index contributed by atoms with van der Waals surface area (Å²) >= 11 is 0. The second-order valence-electron chi connectivity index (χ2n) is 3.65. The van der Waals surface area contributed by atoms with E-state index in [9.17, 15) is 4.79 Å². The molecule has 0 radical (unpaired) electrons. The minimum absolute atomic E-state index is 0.148. The molecule has 0 saturated carbocycles. The zero-order chi connectivity index (χ0) is 12.1. The van der Waals surface area contributed by atoms with Crippen LogP contribution in [0.25, 0.3) is 0 Å². The molecular weight excluding hydrogens is 214 g/mol. The number of hydrogen-bond acceptors (Lipinski definition) is 2. The Bertz CT molecular complexity index is 511. The smallest absolute Gasteiger partial charge is 0.265 e. The van der Waals surface area contributed by atoms with Gasteiger partial charge in [-0.05, 0) is 24.6 Å². The monoisotopic (exact) mass is 228 g/mol. The number of aromatic nitrogens is 2. The van der Waals surface area contributed by atoms with Crippen LogP contribution in [0.4, 0.5) is 0 Å². The highest BCUT2D eigenvalue weighted by molar-refractivity contribution is 5.98. The number of hydrogen-bond donors (Lipinski definition) is 1. The molecule has 0 saturated heterocycles. The first-order valence-corrected chi connectivity index (χ1v) is 5.51. The van der Waals surface area contributed by atoms with Crippen LogP contribution in [0.15, 0.2) is 49.1 Å². The summed E-state index contributed by atoms with van der Waals surface area (Å²) in [5.41, 5.74) is 4.54. The van der Waals surface area contributed by atoms with Gasteiger partial charge in [-0.2, -0.15) is 0 Å². The lowest BCUT2D eigenvalue weighted by Gasteiger charge is -2.00. The van der Waals surface area contributed by atoms with Crippen LogP contribution in [-0.4, -0.2) is 10.9 Å². The standard InChI is InChI=1S/C13H13N3O/c1-2-11-4-3-9-16(10-11)15-13(17)12-5-7-14-8-6-12/h3-10H,2H2,1H3/p+1. The van der Waals surface area contributed by atoms with Gasteiger partial charge in [-0.15, -0.1) is 5.43 Å². The first-order valence-electron chi connectivity index (χ1n) is 5.51. The molecule has 0 bridgehead atoms. The zero-order valence-electron chi connectivity index (χ0n) is 9.63. The van der Waals surface area contributed by atoms with E-state index in [0.29, 0.717) is 5.56 Å². The Labute approximate surface area is 99.9 Å². The van der Waals surface area contributed by atoms with Crippen molar-refractivity contribution in [3.63, 3.8) is 0 Å². The Morgan fingerprint density at radius 3 is 2.82 bits per heavy atom. The van der Waals surface area contributed by atoms with E-state index in [1.807, 2.05) is 18.3 Å². The number of aryl methyl sites for hydroxylation is 1. The third-order valence-corrected chi connectivity index (χ3v) is 2.44. The molecule has 2 heterocycles. The third kappa shape index (κ3) is 2.87. The topological polar surface area (TPSA) is 45.9 Å². The van der Waals surface area contributed by atoms with Crippen LogP contribution < -0.4 is 10.1 Å². The molecule has 0 aliphatic carbocycles. The average Bonchev–Trinajstić information content (AvgIpc) is 2.40. The minimum atomic E-state index is -0.148. The summed E-state index contributed by atoms with van der Waals surface area (Å²) < 4.78 is 1.67. The second-order valence-corrected chi connectivity index (χ2v) is 3.65. The van der Waals surface area contributed by atoms with Crippen LogP contribution in [0.1, 0.15) is 22.8 Å². The van der Waals surface area contributed by atoms with E-state index in [1.165, 1.54) is 5.56 Å². The van der Waals surface area contributed by atoms with Crippen molar-refractivity contribution < 1.29 is 9.47 Å². The van der Waals surface area contributed by atoms with Gasteiger partial charge in [-0.25, -0.2) is 0 Å². The Morgan fingerprint density at radius 1 is 1.35 bits per heavy atom. The van der Waals surface area contributed by atoms with Crippen molar-refractivity contribution in [3.05, 3.63) is 60.2 Å². The number of pyridine rings is 2. The molecule has 1 N–H and O–H groups in total. The molecular formula is C13H14N3O+. The zero-order valence-corrected chi connectivity index (χ0v) is 9.63. The molecule has 86 valence electrons. The molecule has 0 fully saturated rings. The minimum Gasteiger partial charge on any atom is -0.265 e. The number of carbonyl (C=O) groups excluding carboxylic acids is 1. The first-order chi connectivity index (χ1) is 8.29. The number of nitrogens with zero attached hydrogens (tertiary/aromatic N) is 2. The van der Waals surface area contributed by atoms with E-state index in [4.69, 9.17) is 0 Å². The molecule has 0 atom stereocenters. The van der Waals surface area contributed by atoms with Crippen molar-refractivity contribution in [3.8, 4) is 0 Å². The molecule has 4 nitrogen and oxygen atoms in total. The van der Waals surface area contributed by atoms with E-state index in [0.717, 1.165) is 6.42 Å². The van der Waals surface area contributed by atoms with Crippen molar-refractivity contribution >= 4 is 5.91 Å². The lowest BCUT2D eigenvalue weighted by molar-refractivity contribution is -0.641. The molecule has 2 aromatic heterocycles. The maximum atomic E-state index is 11.9. The van der Waals surface area contributed by atoms with Crippen LogP contribution in [0.5, 0.6) is 0 Å². The molecule has 0 unspecified atom stereocenters. The van der Waals surface area contributed by atoms with E-state index >= 15 is 0 Å². The lowest BCUT2D eigenvalue weighted by Crippen LogP contribution is -2.48. The summed E-state index contributed by atoms with van der Waals surface area (Å²) in [6, 6.07) is 7.29. The summed E-state index contributed by atoms with van der Waals surface area (Å²) in [5, 5.41) is 0. The number of rotatable bonds is 3. The summed E-state index contributed by atoms with van der Waals surface area (Å²) in [6.07, 6.45) is 7.84. The highest BCUT2D eigenvalue weighted by Crippen LogP contribution is 1.96. The van der Waals surface area contributed by atoms with Crippen LogP contribution in [0.2, 0.25) is 0 Å². The fraction of sp³-hybridized carbons (Fsp3) is 0.154. The number of carbonyl (C=O) groups is 1. The predicted molar refractivity (Wildman–Crippen MR) is 63.9 cm³/mol. The Balaban J connectivity index is 2.13. The molecule has 1 amide bonds. The van der Waals surface area contributed by atoms with Crippen molar-refractivity contribution in [2.24, 2.45) is 0 Å². The number of amides is 1. The van der Waals surface area contributed by atoms with Gasteiger partial charge in [-0.1, -0.05) is 11.6 Å². The van der Waals surface area contributed by atoms with Gasteiger partial charge in [0.05, 0.1) is 0 Å². The Kier molecular flexibility index (Phi) is 3.45. The molecule has 2 rings (SSSR count). The quantitative estimate of drug-likeness (QED) is 0.805. The van der Waals surface area contributed by atoms with Gasteiger partial charge in [0.2, 0.25) is 6.20 Å². The van der Waals surface area contributed by atoms with E-state index in [1.54, 1.807) is 35.4 Å². The second kappa shape index (κ2) is 5.21. The van der Waals surface area contributed by atoms with Crippen molar-refractivity contribution in [1.82, 2.24) is 4.98 Å². The fourth-order valence-electron chi connectivity index (χ4n) is 1.49. The lowest BCUT2D eigenvalue weighted by atomic mass is 10.2. The van der Waals surface area contributed by atoms with Gasteiger partial charge >= 0.3 is 5.91 Å². The van der Waals surface area contributed by atoms with Crippen molar-refractivity contribution in [2.75, 3.05) is 5.43 Å². The van der Waals surface area contributed by atoms with E-state index in [2.05, 4.69) is 17.3 Å². The molecule has 17 heavy (non-hydrogen) atoms. The Morgan fingerprint density at radius 2 is 2.12 bits per heavy atom. The molecule has 0 aliphatic heterocycles. The van der Waals surface area contributed by atoms with Gasteiger partial charge < -0.3 is 0 Å². The van der Waals surface area contributed by atoms with Gasteiger partial charge in [0, 0.05) is 29.6 Å². The Hall–Kier alpha value is -2.23. The van der Waals surface area contributed by atoms with Gasteiger partial charge in [0.25, 0.3) is 0 Å². The highest BCUT2D eigenvalue weighted by atomic mass is 16.2. The van der Waals surface area contributed by atoms with Gasteiger partial charge in [-0.3, -0.25) is 9.78 Å². The van der Waals surface area contributed by atoms with Crippen molar-refractivity contribution in [1.29, 1.82) is 0 Å². The summed E-state index contributed by atoms with van der Waals surface area (Å²) in [4.78, 5) is 15.7. The molecule has 4 heteroatoms. The number of nitrogens with one attached hydrogen (secondary N) is 1. The van der Waals surface area contributed by atoms with E-state index < -0.39 is 0 Å². The summed E-state index contributed by atoms with van der Waals surface area (Å²) in [6.45, 7) is 2.07. The predicted octanol–water partition coefficient (Wildman–Crippen LogP) is 1.32. The van der Waals surface area contributed by atoms with Crippen molar-refractivity contribution in [2.45, 2.75) is 13.3 Å². The van der Waals surface area contributed by atoms with Crippen LogP contribution in [0.3, 0.4) is 0 Å². The van der Waals surface area contributed by atoms with Crippen LogP contribution in [-0.2, 0) is 6.42 Å². The van der Waals surface area contributed by atoms with Gasteiger partial charge in [0.15, 0.2) is 6.20 Å². The van der Waals surface area contributed by atoms with Crippen LogP contribution in [0, 0.1) is 0 Å². The molecule has 2 aromatic rings. The maximum Gasteiger partial charge on any atom is 0.305 e. The highest BCUT2D eigenvalue weighted by Gasteiger charge is 2.10. The summed E-state index contributed by atoms with van der Waals surface area (Å²) in [7, 11) is 0. The SMILES string of the molecule is CCc1ccc[n+](NC(=O)c2ccncc2)c1. The largest absolute Gasteiger partial charge is 0.305 e. The molecule has 0 spiro atoms. The molecule has 0 aromatic carbocycles. The first kappa shape index (κ1) is 11.3. The normalized spacial score (nSPS) is 9.94. The van der Waals surface area contributed by atoms with Crippen LogP contribution >= 0.6 is 0 Å². The average molecular weight is 228 g/mol. The third-order valence-electron chi connectivity index (χ3n) is 2.44. The fourth-order valence-corrected chi connectivity index (χ4v) is 1.49. The van der Waals surface area contributed by atoms with E-state index in [-0.39, 0.29) is 5.91 Å².